The Hall–Kier alpha value is -3.54. The summed E-state index contributed by atoms with van der Waals surface area (Å²) in [6.45, 7) is 0. The smallest absolute Gasteiger partial charge is 0.253 e. The van der Waals surface area contributed by atoms with Crippen molar-refractivity contribution in [3.63, 3.8) is 0 Å². The molecule has 6 nitrogen and oxygen atoms in total. The largest absolute Gasteiger partial charge is 0.497 e. The Balaban J connectivity index is 1.99. The van der Waals surface area contributed by atoms with Gasteiger partial charge >= 0.3 is 0 Å². The van der Waals surface area contributed by atoms with Crippen LogP contribution >= 0.6 is 0 Å². The number of rotatable bonds is 4. The highest BCUT2D eigenvalue weighted by Gasteiger charge is 2.17. The zero-order chi connectivity index (χ0) is 19.0. The van der Waals surface area contributed by atoms with Gasteiger partial charge in [0.15, 0.2) is 0 Å². The summed E-state index contributed by atoms with van der Waals surface area (Å²) in [7, 11) is 4.87. The number of carbonyl (C=O) groups is 1. The average Bonchev–Trinajstić information content (AvgIpc) is 3.10. The summed E-state index contributed by atoms with van der Waals surface area (Å²) >= 11 is 0. The standard InChI is InChI=1S/C21H19N3O3/c1-22-21(25)16-11-17(12-4-6-13(26-2)7-5-12)23-19-15-9-8-14(27-3)10-18(15)24-20(16)19/h4-11,24H,1-3H3,(H,22,25). The molecular weight excluding hydrogens is 342 g/mol. The normalized spacial score (nSPS) is 10.9. The summed E-state index contributed by atoms with van der Waals surface area (Å²) in [5.74, 6) is 1.34. The van der Waals surface area contributed by atoms with E-state index in [0.717, 1.165) is 39.2 Å². The average molecular weight is 361 g/mol. The zero-order valence-corrected chi connectivity index (χ0v) is 15.3. The Bertz CT molecular complexity index is 1150. The van der Waals surface area contributed by atoms with E-state index in [0.29, 0.717) is 11.1 Å². The van der Waals surface area contributed by atoms with Crippen molar-refractivity contribution in [1.82, 2.24) is 15.3 Å². The fourth-order valence-electron chi connectivity index (χ4n) is 3.18. The first-order valence-electron chi connectivity index (χ1n) is 8.51. The number of methoxy groups -OCH3 is 2. The molecule has 0 atom stereocenters. The predicted molar refractivity (Wildman–Crippen MR) is 106 cm³/mol. The van der Waals surface area contributed by atoms with Crippen molar-refractivity contribution in [3.8, 4) is 22.8 Å². The molecule has 2 aromatic heterocycles. The third kappa shape index (κ3) is 2.85. The SMILES string of the molecule is CNC(=O)c1cc(-c2ccc(OC)cc2)nc2c1[nH]c1cc(OC)ccc12. The van der Waals surface area contributed by atoms with Crippen molar-refractivity contribution >= 4 is 27.8 Å². The highest BCUT2D eigenvalue weighted by Crippen LogP contribution is 2.32. The quantitative estimate of drug-likeness (QED) is 0.580. The topological polar surface area (TPSA) is 76.2 Å². The fraction of sp³-hybridized carbons (Fsp3) is 0.143. The minimum atomic E-state index is -0.171. The van der Waals surface area contributed by atoms with E-state index in [2.05, 4.69) is 10.3 Å². The minimum absolute atomic E-state index is 0.171. The van der Waals surface area contributed by atoms with E-state index in [4.69, 9.17) is 14.5 Å². The number of hydrogen-bond donors (Lipinski definition) is 2. The van der Waals surface area contributed by atoms with Crippen LogP contribution in [0.2, 0.25) is 0 Å². The Morgan fingerprint density at radius 2 is 1.70 bits per heavy atom. The molecule has 2 aromatic carbocycles. The van der Waals surface area contributed by atoms with Crippen LogP contribution in [0.15, 0.2) is 48.5 Å². The number of nitrogens with one attached hydrogen (secondary N) is 2. The van der Waals surface area contributed by atoms with Crippen molar-refractivity contribution < 1.29 is 14.3 Å². The molecule has 0 bridgehead atoms. The van der Waals surface area contributed by atoms with E-state index < -0.39 is 0 Å². The molecule has 27 heavy (non-hydrogen) atoms. The molecule has 0 aliphatic carbocycles. The van der Waals surface area contributed by atoms with Gasteiger partial charge in [-0.2, -0.15) is 0 Å². The molecule has 0 spiro atoms. The first-order chi connectivity index (χ1) is 13.1. The third-order valence-electron chi connectivity index (χ3n) is 4.62. The highest BCUT2D eigenvalue weighted by molar-refractivity contribution is 6.14. The lowest BCUT2D eigenvalue weighted by atomic mass is 10.1. The molecule has 2 N–H and O–H groups in total. The monoisotopic (exact) mass is 361 g/mol. The molecule has 2 heterocycles. The second kappa shape index (κ2) is 6.64. The minimum Gasteiger partial charge on any atom is -0.497 e. The van der Waals surface area contributed by atoms with Crippen molar-refractivity contribution in [2.45, 2.75) is 0 Å². The maximum absolute atomic E-state index is 12.5. The van der Waals surface area contributed by atoms with Gasteiger partial charge in [0.2, 0.25) is 0 Å². The molecule has 0 aliphatic rings. The first kappa shape index (κ1) is 16.9. The fourth-order valence-corrected chi connectivity index (χ4v) is 3.18. The number of pyridine rings is 1. The maximum atomic E-state index is 12.5. The number of aromatic amines is 1. The van der Waals surface area contributed by atoms with Crippen molar-refractivity contribution in [2.75, 3.05) is 21.3 Å². The van der Waals surface area contributed by atoms with E-state index in [9.17, 15) is 4.79 Å². The summed E-state index contributed by atoms with van der Waals surface area (Å²) in [6, 6.07) is 15.1. The van der Waals surface area contributed by atoms with Gasteiger partial charge in [-0.1, -0.05) is 0 Å². The molecule has 1 amide bonds. The van der Waals surface area contributed by atoms with E-state index in [1.807, 2.05) is 42.5 Å². The van der Waals surface area contributed by atoms with Crippen LogP contribution < -0.4 is 14.8 Å². The van der Waals surface area contributed by atoms with Gasteiger partial charge in [0.05, 0.1) is 42.0 Å². The molecule has 0 saturated carbocycles. The van der Waals surface area contributed by atoms with E-state index in [-0.39, 0.29) is 5.91 Å². The molecule has 0 aliphatic heterocycles. The number of benzene rings is 2. The van der Waals surface area contributed by atoms with Gasteiger partial charge in [-0.15, -0.1) is 0 Å². The molecule has 0 saturated heterocycles. The van der Waals surface area contributed by atoms with Gasteiger partial charge in [-0.25, -0.2) is 4.98 Å². The first-order valence-corrected chi connectivity index (χ1v) is 8.51. The highest BCUT2D eigenvalue weighted by atomic mass is 16.5. The number of fused-ring (bicyclic) bond motifs is 3. The molecule has 0 radical (unpaired) electrons. The van der Waals surface area contributed by atoms with Gasteiger partial charge in [-0.3, -0.25) is 4.79 Å². The molecule has 0 fully saturated rings. The van der Waals surface area contributed by atoms with Gasteiger partial charge in [0, 0.05) is 24.1 Å². The van der Waals surface area contributed by atoms with Gasteiger partial charge < -0.3 is 19.8 Å². The van der Waals surface area contributed by atoms with Crippen LogP contribution in [0.1, 0.15) is 10.4 Å². The molecule has 6 heteroatoms. The Morgan fingerprint density at radius 1 is 1.00 bits per heavy atom. The summed E-state index contributed by atoms with van der Waals surface area (Å²) in [6.07, 6.45) is 0. The van der Waals surface area contributed by atoms with E-state index in [1.54, 1.807) is 27.3 Å². The third-order valence-corrected chi connectivity index (χ3v) is 4.62. The van der Waals surface area contributed by atoms with Crippen LogP contribution in [-0.2, 0) is 0 Å². The predicted octanol–water partition coefficient (Wildman–Crippen LogP) is 3.76. The second-order valence-corrected chi connectivity index (χ2v) is 6.12. The number of nitrogens with zero attached hydrogens (tertiary/aromatic N) is 1. The van der Waals surface area contributed by atoms with Crippen LogP contribution in [-0.4, -0.2) is 37.1 Å². The van der Waals surface area contributed by atoms with Gasteiger partial charge in [-0.05, 0) is 42.5 Å². The molecule has 4 rings (SSSR count). The zero-order valence-electron chi connectivity index (χ0n) is 15.3. The van der Waals surface area contributed by atoms with Gasteiger partial charge in [0.25, 0.3) is 5.91 Å². The Morgan fingerprint density at radius 3 is 2.37 bits per heavy atom. The number of ether oxygens (including phenoxy) is 2. The molecular formula is C21H19N3O3. The summed E-state index contributed by atoms with van der Waals surface area (Å²) in [4.78, 5) is 20.6. The summed E-state index contributed by atoms with van der Waals surface area (Å²) in [5, 5.41) is 3.64. The number of hydrogen-bond acceptors (Lipinski definition) is 4. The van der Waals surface area contributed by atoms with Crippen LogP contribution in [0, 0.1) is 0 Å². The lowest BCUT2D eigenvalue weighted by Gasteiger charge is -2.07. The number of H-pyrrole nitrogens is 1. The van der Waals surface area contributed by atoms with Crippen molar-refractivity contribution in [1.29, 1.82) is 0 Å². The lowest BCUT2D eigenvalue weighted by Crippen LogP contribution is -2.18. The summed E-state index contributed by atoms with van der Waals surface area (Å²) in [5.41, 5.74) is 4.50. The van der Waals surface area contributed by atoms with E-state index >= 15 is 0 Å². The number of aromatic nitrogens is 2. The molecule has 4 aromatic rings. The lowest BCUT2D eigenvalue weighted by molar-refractivity contribution is 0.0964. The summed E-state index contributed by atoms with van der Waals surface area (Å²) < 4.78 is 10.5. The maximum Gasteiger partial charge on any atom is 0.253 e. The van der Waals surface area contributed by atoms with Crippen LogP contribution in [0.25, 0.3) is 33.2 Å². The Labute approximate surface area is 156 Å². The van der Waals surface area contributed by atoms with Gasteiger partial charge in [0.1, 0.15) is 11.5 Å². The Kier molecular flexibility index (Phi) is 4.16. The second-order valence-electron chi connectivity index (χ2n) is 6.12. The van der Waals surface area contributed by atoms with Crippen LogP contribution in [0.4, 0.5) is 0 Å². The molecule has 0 unspecified atom stereocenters. The van der Waals surface area contributed by atoms with Crippen LogP contribution in [0.5, 0.6) is 11.5 Å². The molecule has 136 valence electrons. The van der Waals surface area contributed by atoms with Crippen molar-refractivity contribution in [2.24, 2.45) is 0 Å². The number of carbonyl (C=O) groups excluding carboxylic acids is 1. The number of amides is 1. The van der Waals surface area contributed by atoms with Crippen molar-refractivity contribution in [3.05, 3.63) is 54.1 Å². The van der Waals surface area contributed by atoms with E-state index in [1.165, 1.54) is 0 Å². The van der Waals surface area contributed by atoms with Crippen LogP contribution in [0.3, 0.4) is 0 Å².